The average molecular weight is 757 g/mol. The molecule has 0 amide bonds. The molecule has 8 N–H and O–H groups in total. The van der Waals surface area contributed by atoms with Gasteiger partial charge in [0.1, 0.15) is 0 Å². The second-order valence-corrected chi connectivity index (χ2v) is 13.1. The molecule has 0 atom stereocenters. The van der Waals surface area contributed by atoms with Crippen LogP contribution in [0.15, 0.2) is 122 Å². The SMILES string of the molecule is O=C(O)CCCc1c[nH]c2ccccc12.O=C(O)CCCc1cc2ccccc2[nH]1.O=C(O)Cc1c[nH]c2ccccc12.O=C(O)Cc1cc2ccccc2[nH]1. The highest BCUT2D eigenvalue weighted by Crippen LogP contribution is 2.20. The lowest BCUT2D eigenvalue weighted by atomic mass is 10.1. The number of aromatic amines is 4. The highest BCUT2D eigenvalue weighted by molar-refractivity contribution is 5.87. The minimum absolute atomic E-state index is 0.0503. The molecular weight excluding hydrogens is 713 g/mol. The van der Waals surface area contributed by atoms with E-state index in [1.165, 1.54) is 16.3 Å². The maximum atomic E-state index is 10.5. The molecule has 8 aromatic rings. The van der Waals surface area contributed by atoms with Gasteiger partial charge in [0.05, 0.1) is 12.8 Å². The van der Waals surface area contributed by atoms with Gasteiger partial charge >= 0.3 is 23.9 Å². The Labute approximate surface area is 321 Å². The first-order valence-electron chi connectivity index (χ1n) is 18.2. The first-order chi connectivity index (χ1) is 27.0. The molecule has 0 aliphatic carbocycles. The number of hydrogen-bond donors (Lipinski definition) is 8. The summed E-state index contributed by atoms with van der Waals surface area (Å²) in [4.78, 5) is 54.2. The number of benzene rings is 4. The quantitative estimate of drug-likeness (QED) is 0.0602. The summed E-state index contributed by atoms with van der Waals surface area (Å²) in [6, 6.07) is 35.5. The largest absolute Gasteiger partial charge is 0.481 e. The molecule has 8 rings (SSSR count). The molecule has 4 heterocycles. The van der Waals surface area contributed by atoms with Crippen LogP contribution < -0.4 is 0 Å². The van der Waals surface area contributed by atoms with Gasteiger partial charge in [0.15, 0.2) is 0 Å². The highest BCUT2D eigenvalue weighted by atomic mass is 16.4. The number of carbonyl (C=O) groups is 4. The lowest BCUT2D eigenvalue weighted by molar-refractivity contribution is -0.138. The minimum Gasteiger partial charge on any atom is -0.481 e. The Balaban J connectivity index is 0.000000143. The van der Waals surface area contributed by atoms with Crippen molar-refractivity contribution < 1.29 is 39.6 Å². The van der Waals surface area contributed by atoms with Crippen LogP contribution in [0.4, 0.5) is 0 Å². The van der Waals surface area contributed by atoms with E-state index in [2.05, 4.69) is 32.1 Å². The molecule has 0 bridgehead atoms. The molecular formula is C44H44N4O8. The van der Waals surface area contributed by atoms with Crippen molar-refractivity contribution in [2.45, 2.75) is 51.4 Å². The van der Waals surface area contributed by atoms with Crippen LogP contribution in [-0.2, 0) is 44.9 Å². The Bertz CT molecular complexity index is 2460. The lowest BCUT2D eigenvalue weighted by Crippen LogP contribution is -1.99. The van der Waals surface area contributed by atoms with Gasteiger partial charge in [0.2, 0.25) is 0 Å². The molecule has 4 aromatic heterocycles. The molecule has 0 saturated heterocycles. The van der Waals surface area contributed by atoms with Gasteiger partial charge in [-0.25, -0.2) is 0 Å². The van der Waals surface area contributed by atoms with Crippen LogP contribution in [0, 0.1) is 0 Å². The summed E-state index contributed by atoms with van der Waals surface area (Å²) >= 11 is 0. The number of rotatable bonds is 12. The molecule has 0 saturated carbocycles. The van der Waals surface area contributed by atoms with Gasteiger partial charge in [0, 0.05) is 69.5 Å². The third-order valence-electron chi connectivity index (χ3n) is 8.88. The van der Waals surface area contributed by atoms with Crippen LogP contribution in [0.25, 0.3) is 43.6 Å². The first kappa shape index (κ1) is 40.1. The van der Waals surface area contributed by atoms with Crippen molar-refractivity contribution in [3.05, 3.63) is 144 Å². The van der Waals surface area contributed by atoms with E-state index in [4.69, 9.17) is 20.4 Å². The van der Waals surface area contributed by atoms with Crippen molar-refractivity contribution in [2.24, 2.45) is 0 Å². The van der Waals surface area contributed by atoms with Gasteiger partial charge < -0.3 is 40.4 Å². The number of hydrogen-bond acceptors (Lipinski definition) is 4. The van der Waals surface area contributed by atoms with Gasteiger partial charge in [-0.05, 0) is 84.0 Å². The summed E-state index contributed by atoms with van der Waals surface area (Å²) in [6.45, 7) is 0. The summed E-state index contributed by atoms with van der Waals surface area (Å²) in [5, 5.41) is 38.7. The molecule has 288 valence electrons. The first-order valence-corrected chi connectivity index (χ1v) is 18.2. The number of nitrogens with one attached hydrogen (secondary N) is 4. The summed E-state index contributed by atoms with van der Waals surface area (Å²) in [5.74, 6) is -3.07. The number of aromatic nitrogens is 4. The molecule has 0 aliphatic heterocycles. The predicted molar refractivity (Wildman–Crippen MR) is 217 cm³/mol. The van der Waals surface area contributed by atoms with E-state index in [-0.39, 0.29) is 25.7 Å². The minimum atomic E-state index is -0.813. The summed E-state index contributed by atoms with van der Waals surface area (Å²) in [6.07, 6.45) is 7.29. The number of aliphatic carboxylic acids is 4. The van der Waals surface area contributed by atoms with Gasteiger partial charge in [-0.1, -0.05) is 72.8 Å². The third kappa shape index (κ3) is 12.0. The Morgan fingerprint density at radius 3 is 1.39 bits per heavy atom. The fourth-order valence-electron chi connectivity index (χ4n) is 6.30. The van der Waals surface area contributed by atoms with Gasteiger partial charge in [-0.15, -0.1) is 0 Å². The summed E-state index contributed by atoms with van der Waals surface area (Å²) in [7, 11) is 0. The Morgan fingerprint density at radius 2 is 0.875 bits per heavy atom. The normalized spacial score (nSPS) is 10.6. The number of aryl methyl sites for hydroxylation is 2. The molecule has 0 radical (unpaired) electrons. The number of H-pyrrole nitrogens is 4. The summed E-state index contributed by atoms with van der Waals surface area (Å²) < 4.78 is 0. The van der Waals surface area contributed by atoms with E-state index in [0.717, 1.165) is 62.6 Å². The highest BCUT2D eigenvalue weighted by Gasteiger charge is 2.07. The van der Waals surface area contributed by atoms with Crippen LogP contribution in [0.5, 0.6) is 0 Å². The number of carboxylic acids is 4. The Morgan fingerprint density at radius 1 is 0.446 bits per heavy atom. The maximum absolute atomic E-state index is 10.5. The zero-order valence-corrected chi connectivity index (χ0v) is 30.6. The number of para-hydroxylation sites is 4. The van der Waals surface area contributed by atoms with E-state index < -0.39 is 23.9 Å². The number of fused-ring (bicyclic) bond motifs is 4. The Hall–Kier alpha value is -7.08. The van der Waals surface area contributed by atoms with Crippen molar-refractivity contribution in [2.75, 3.05) is 0 Å². The van der Waals surface area contributed by atoms with Gasteiger partial charge in [0.25, 0.3) is 0 Å². The van der Waals surface area contributed by atoms with Crippen molar-refractivity contribution in [3.8, 4) is 0 Å². The monoisotopic (exact) mass is 756 g/mol. The fraction of sp³-hybridized carbons (Fsp3) is 0.182. The standard InChI is InChI=1S/2C12H13NO2.2C10H9NO2/c14-12(15)7-3-4-9-8-13-11-6-2-1-5-10(9)11;14-12(15)7-3-5-10-8-9-4-1-2-6-11(9)13-10;12-10(13)5-7-6-11-9-4-2-1-3-8(7)9;12-10(13)6-8-5-7-3-1-2-4-9(7)11-8/h1-2,5-6,8,13H,3-4,7H2,(H,14,15);1-2,4,6,8,13H,3,5,7H2,(H,14,15);1-4,6,11H,5H2,(H,12,13);1-5,11H,6H2,(H,12,13). The van der Waals surface area contributed by atoms with E-state index in [9.17, 15) is 19.2 Å². The second kappa shape index (κ2) is 19.8. The lowest BCUT2D eigenvalue weighted by Gasteiger charge is -1.96. The Kier molecular flexibility index (Phi) is 14.2. The van der Waals surface area contributed by atoms with E-state index in [0.29, 0.717) is 12.8 Å². The average Bonchev–Trinajstić information content (AvgIpc) is 3.97. The van der Waals surface area contributed by atoms with Crippen molar-refractivity contribution in [1.82, 2.24) is 19.9 Å². The molecule has 0 fully saturated rings. The fourth-order valence-corrected chi connectivity index (χ4v) is 6.30. The van der Waals surface area contributed by atoms with Crippen LogP contribution >= 0.6 is 0 Å². The van der Waals surface area contributed by atoms with Crippen molar-refractivity contribution in [3.63, 3.8) is 0 Å². The number of carboxylic acid groups (broad SMARTS) is 4. The topological polar surface area (TPSA) is 212 Å². The zero-order chi connectivity index (χ0) is 39.9. The van der Waals surface area contributed by atoms with Crippen LogP contribution in [0.3, 0.4) is 0 Å². The summed E-state index contributed by atoms with van der Waals surface area (Å²) in [5.41, 5.74) is 8.09. The van der Waals surface area contributed by atoms with Crippen LogP contribution in [0.1, 0.15) is 48.2 Å². The van der Waals surface area contributed by atoms with E-state index >= 15 is 0 Å². The van der Waals surface area contributed by atoms with E-state index in [1.807, 2.05) is 103 Å². The van der Waals surface area contributed by atoms with Crippen LogP contribution in [0.2, 0.25) is 0 Å². The maximum Gasteiger partial charge on any atom is 0.309 e. The predicted octanol–water partition coefficient (Wildman–Crippen LogP) is 8.74. The molecule has 56 heavy (non-hydrogen) atoms. The molecule has 0 unspecified atom stereocenters. The smallest absolute Gasteiger partial charge is 0.309 e. The third-order valence-corrected chi connectivity index (χ3v) is 8.88. The van der Waals surface area contributed by atoms with Crippen molar-refractivity contribution in [1.29, 1.82) is 0 Å². The molecule has 12 heteroatoms. The second-order valence-electron chi connectivity index (χ2n) is 13.1. The molecule has 4 aromatic carbocycles. The van der Waals surface area contributed by atoms with Crippen molar-refractivity contribution >= 4 is 67.5 Å². The molecule has 0 spiro atoms. The van der Waals surface area contributed by atoms with Crippen LogP contribution in [-0.4, -0.2) is 64.2 Å². The van der Waals surface area contributed by atoms with Gasteiger partial charge in [-0.3, -0.25) is 19.2 Å². The molecule has 0 aliphatic rings. The van der Waals surface area contributed by atoms with Gasteiger partial charge in [-0.2, -0.15) is 0 Å². The molecule has 12 nitrogen and oxygen atoms in total. The zero-order valence-electron chi connectivity index (χ0n) is 30.6. The van der Waals surface area contributed by atoms with E-state index in [1.54, 1.807) is 6.20 Å².